The smallest absolute Gasteiger partial charge is 0.229 e. The minimum atomic E-state index is -2.10. The molecule has 0 bridgehead atoms. The third-order valence-electron chi connectivity index (χ3n) is 5.02. The maximum absolute atomic E-state index is 10.9. The van der Waals surface area contributed by atoms with E-state index in [2.05, 4.69) is 22.0 Å². The van der Waals surface area contributed by atoms with Gasteiger partial charge >= 0.3 is 0 Å². The summed E-state index contributed by atoms with van der Waals surface area (Å²) in [5, 5.41) is 4.92. The monoisotopic (exact) mass is 482 g/mol. The molecule has 2 heterocycles. The average molecular weight is 483 g/mol. The van der Waals surface area contributed by atoms with Gasteiger partial charge in [0.05, 0.1) is 4.88 Å². The second kappa shape index (κ2) is 10.4. The van der Waals surface area contributed by atoms with Gasteiger partial charge in [-0.15, -0.1) is 11.3 Å². The topological polar surface area (TPSA) is 101 Å². The number of hydrogen-bond acceptors (Lipinski definition) is 8. The van der Waals surface area contributed by atoms with Gasteiger partial charge in [0.1, 0.15) is 16.9 Å². The van der Waals surface area contributed by atoms with Crippen molar-refractivity contribution in [3.05, 3.63) is 71.1 Å². The van der Waals surface area contributed by atoms with E-state index in [9.17, 15) is 8.76 Å². The summed E-state index contributed by atoms with van der Waals surface area (Å²) < 4.78 is 33.3. The highest BCUT2D eigenvalue weighted by Crippen LogP contribution is 2.33. The Kier molecular flexibility index (Phi) is 7.32. The van der Waals surface area contributed by atoms with E-state index < -0.39 is 11.1 Å². The summed E-state index contributed by atoms with van der Waals surface area (Å²) in [6.45, 7) is 6.09. The summed E-state index contributed by atoms with van der Waals surface area (Å²) in [6, 6.07) is 15.1. The van der Waals surface area contributed by atoms with Crippen molar-refractivity contribution in [2.45, 2.75) is 45.0 Å². The van der Waals surface area contributed by atoms with Crippen LogP contribution in [0.1, 0.15) is 55.5 Å². The molecule has 0 aliphatic carbocycles. The Labute approximate surface area is 199 Å². The van der Waals surface area contributed by atoms with Crippen LogP contribution in [0.2, 0.25) is 0 Å². The van der Waals surface area contributed by atoms with Gasteiger partial charge in [0.2, 0.25) is 11.7 Å². The third kappa shape index (κ3) is 5.73. The summed E-state index contributed by atoms with van der Waals surface area (Å²) in [4.78, 5) is 10.0. The van der Waals surface area contributed by atoms with Crippen molar-refractivity contribution in [3.8, 4) is 27.7 Å². The second-order valence-corrected chi connectivity index (χ2v) is 9.82. The Bertz CT molecular complexity index is 1220. The van der Waals surface area contributed by atoms with E-state index in [1.165, 1.54) is 0 Å². The van der Waals surface area contributed by atoms with Gasteiger partial charge < -0.3 is 13.8 Å². The first-order valence-electron chi connectivity index (χ1n) is 10.6. The van der Waals surface area contributed by atoms with Crippen LogP contribution < -0.4 is 4.74 Å². The molecule has 2 aromatic carbocycles. The lowest BCUT2D eigenvalue weighted by atomic mass is 10.2. The Hall–Kier alpha value is -2.88. The van der Waals surface area contributed by atoms with E-state index in [1.54, 1.807) is 11.3 Å². The normalized spacial score (nSPS) is 13.2. The van der Waals surface area contributed by atoms with E-state index in [4.69, 9.17) is 9.26 Å². The molecule has 4 aromatic rings. The molecular weight excluding hydrogens is 458 g/mol. The number of hydrogen-bond donors (Lipinski definition) is 0. The van der Waals surface area contributed by atoms with Crippen LogP contribution >= 0.6 is 11.3 Å². The van der Waals surface area contributed by atoms with Crippen LogP contribution in [-0.2, 0) is 16.8 Å². The van der Waals surface area contributed by atoms with Crippen LogP contribution in [0.3, 0.4) is 0 Å². The first-order valence-corrected chi connectivity index (χ1v) is 12.7. The van der Waals surface area contributed by atoms with Crippen molar-refractivity contribution in [1.82, 2.24) is 15.1 Å². The molecule has 0 spiro atoms. The molecule has 2 atom stereocenters. The number of benzene rings is 2. The second-order valence-electron chi connectivity index (χ2n) is 7.86. The first kappa shape index (κ1) is 23.3. The molecule has 2 aromatic heterocycles. The summed E-state index contributed by atoms with van der Waals surface area (Å²) in [5.41, 5.74) is 2.57. The number of aromatic nitrogens is 3. The average Bonchev–Trinajstić information content (AvgIpc) is 3.49. The molecule has 9 heteroatoms. The highest BCUT2D eigenvalue weighted by Gasteiger charge is 2.17. The summed E-state index contributed by atoms with van der Waals surface area (Å²) in [7, 11) is 0. The molecule has 0 saturated heterocycles. The largest absolute Gasteiger partial charge is 0.772 e. The van der Waals surface area contributed by atoms with E-state index in [-0.39, 0.29) is 17.8 Å². The highest BCUT2D eigenvalue weighted by molar-refractivity contribution is 7.78. The fourth-order valence-corrected chi connectivity index (χ4v) is 4.72. The molecule has 0 aliphatic heterocycles. The van der Waals surface area contributed by atoms with Gasteiger partial charge in [-0.3, -0.25) is 4.21 Å². The molecule has 2 unspecified atom stereocenters. The van der Waals surface area contributed by atoms with E-state index in [0.717, 1.165) is 38.7 Å². The van der Waals surface area contributed by atoms with E-state index >= 15 is 0 Å². The van der Waals surface area contributed by atoms with Crippen molar-refractivity contribution in [1.29, 1.82) is 0 Å². The van der Waals surface area contributed by atoms with Crippen molar-refractivity contribution in [3.63, 3.8) is 0 Å². The minimum Gasteiger partial charge on any atom is -0.772 e. The molecule has 172 valence electrons. The lowest BCUT2D eigenvalue weighted by molar-refractivity contribution is 0.205. The standard InChI is InChI=1S/C24H25N3O4S2/c1-4-20(21-13-25-24(32-21)18-7-5-16(6-8-18)14-33(28)29)30-19-11-9-17(10-12-19)22-26-23(15(2)3)31-27-22/h5-13,15,20H,4,14H2,1-3H3,(H,28,29)/p-1. The lowest BCUT2D eigenvalue weighted by Gasteiger charge is -2.15. The summed E-state index contributed by atoms with van der Waals surface area (Å²) >= 11 is -0.522. The van der Waals surface area contributed by atoms with Crippen LogP contribution in [0.25, 0.3) is 22.0 Å². The molecule has 4 rings (SSSR count). The van der Waals surface area contributed by atoms with E-state index in [1.807, 2.05) is 68.6 Å². The van der Waals surface area contributed by atoms with Gasteiger partial charge in [0.15, 0.2) is 0 Å². The van der Waals surface area contributed by atoms with E-state index in [0.29, 0.717) is 11.7 Å². The number of rotatable bonds is 9. The zero-order chi connectivity index (χ0) is 23.4. The molecule has 0 N–H and O–H groups in total. The number of ether oxygens (including phenoxy) is 1. The Morgan fingerprint density at radius 2 is 1.79 bits per heavy atom. The van der Waals surface area contributed by atoms with Crippen molar-refractivity contribution in [2.24, 2.45) is 0 Å². The molecule has 0 radical (unpaired) electrons. The van der Waals surface area contributed by atoms with Crippen molar-refractivity contribution < 1.29 is 18.0 Å². The van der Waals surface area contributed by atoms with Crippen LogP contribution in [0.5, 0.6) is 5.75 Å². The Morgan fingerprint density at radius 1 is 1.09 bits per heavy atom. The SMILES string of the molecule is CCC(Oc1ccc(-c2noc(C(C)C)n2)cc1)c1cnc(-c2ccc(CS(=O)[O-])cc2)s1. The van der Waals surface area contributed by atoms with Gasteiger partial charge in [-0.2, -0.15) is 4.98 Å². The molecule has 7 nitrogen and oxygen atoms in total. The quantitative estimate of drug-likeness (QED) is 0.274. The molecule has 0 fully saturated rings. The van der Waals surface area contributed by atoms with Gasteiger partial charge in [-0.05, 0) is 36.2 Å². The highest BCUT2D eigenvalue weighted by atomic mass is 32.2. The molecule has 0 saturated carbocycles. The van der Waals surface area contributed by atoms with Crippen LogP contribution in [0, 0.1) is 0 Å². The zero-order valence-electron chi connectivity index (χ0n) is 18.6. The van der Waals surface area contributed by atoms with Crippen LogP contribution in [0.4, 0.5) is 0 Å². The van der Waals surface area contributed by atoms with Gasteiger partial charge in [-0.25, -0.2) is 4.98 Å². The fraction of sp³-hybridized carbons (Fsp3) is 0.292. The van der Waals surface area contributed by atoms with Crippen molar-refractivity contribution in [2.75, 3.05) is 0 Å². The van der Waals surface area contributed by atoms with Gasteiger partial charge in [0.25, 0.3) is 0 Å². The Morgan fingerprint density at radius 3 is 2.39 bits per heavy atom. The fourth-order valence-electron chi connectivity index (χ4n) is 3.22. The lowest BCUT2D eigenvalue weighted by Crippen LogP contribution is -2.04. The Balaban J connectivity index is 1.45. The molecule has 0 aliphatic rings. The van der Waals surface area contributed by atoms with Crippen LogP contribution in [-0.4, -0.2) is 23.9 Å². The zero-order valence-corrected chi connectivity index (χ0v) is 20.2. The van der Waals surface area contributed by atoms with Gasteiger partial charge in [-0.1, -0.05) is 61.3 Å². The van der Waals surface area contributed by atoms with Crippen molar-refractivity contribution >= 4 is 22.4 Å². The molecule has 0 amide bonds. The van der Waals surface area contributed by atoms with Crippen LogP contribution in [0.15, 0.2) is 59.3 Å². The first-order chi connectivity index (χ1) is 15.9. The number of nitrogens with zero attached hydrogens (tertiary/aromatic N) is 3. The third-order valence-corrected chi connectivity index (χ3v) is 6.73. The van der Waals surface area contributed by atoms with Gasteiger partial charge in [0, 0.05) is 29.0 Å². The summed E-state index contributed by atoms with van der Waals surface area (Å²) in [5.74, 6) is 2.14. The minimum absolute atomic E-state index is 0.0134. The maximum Gasteiger partial charge on any atom is 0.229 e. The number of thiazole rings is 1. The molecule has 33 heavy (non-hydrogen) atoms. The predicted octanol–water partition coefficient (Wildman–Crippen LogP) is 5.89. The predicted molar refractivity (Wildman–Crippen MR) is 128 cm³/mol. The molecular formula is C24H24N3O4S2-. The summed E-state index contributed by atoms with van der Waals surface area (Å²) in [6.07, 6.45) is 2.51. The maximum atomic E-state index is 10.9.